The van der Waals surface area contributed by atoms with Crippen LogP contribution < -0.4 is 0 Å². The van der Waals surface area contributed by atoms with Crippen molar-refractivity contribution in [3.63, 3.8) is 0 Å². The van der Waals surface area contributed by atoms with Gasteiger partial charge in [-0.25, -0.2) is 0 Å². The maximum Gasteiger partial charge on any atom is 0.168 e. The van der Waals surface area contributed by atoms with Gasteiger partial charge in [-0.15, -0.1) is 5.10 Å². The zero-order chi connectivity index (χ0) is 11.5. The Morgan fingerprint density at radius 1 is 1.62 bits per heavy atom. The van der Waals surface area contributed by atoms with Gasteiger partial charge in [0.05, 0.1) is 18.7 Å². The van der Waals surface area contributed by atoms with Crippen LogP contribution in [0.5, 0.6) is 0 Å². The Morgan fingerprint density at radius 3 is 3.06 bits per heavy atom. The zero-order valence-electron chi connectivity index (χ0n) is 9.59. The third-order valence-corrected chi connectivity index (χ3v) is 2.63. The molecule has 6 heteroatoms. The van der Waals surface area contributed by atoms with E-state index in [0.717, 1.165) is 6.54 Å². The molecule has 1 atom stereocenters. The lowest BCUT2D eigenvalue weighted by molar-refractivity contribution is -0.134. The maximum atomic E-state index is 11.9. The lowest BCUT2D eigenvalue weighted by Crippen LogP contribution is -2.44. The minimum Gasteiger partial charge on any atom is -0.368 e. The average molecular weight is 224 g/mol. The number of carbonyl (C=O) groups is 1. The molecule has 1 unspecified atom stereocenters. The summed E-state index contributed by atoms with van der Waals surface area (Å²) in [7, 11) is 3.77. The lowest BCUT2D eigenvalue weighted by Gasteiger charge is -2.28. The van der Waals surface area contributed by atoms with Crippen molar-refractivity contribution in [3.8, 4) is 0 Å². The molecular formula is C10H16N4O2. The summed E-state index contributed by atoms with van der Waals surface area (Å²) in [5.41, 5.74) is 0.698. The summed E-state index contributed by atoms with van der Waals surface area (Å²) in [5.74, 6) is 0.0760. The standard InChI is InChI=1S/C10H16N4O2/c1-13-3-4-16-10(7-13)9(15)5-8-6-14(2)12-11-8/h6,10H,3-5,7H2,1-2H3. The molecule has 88 valence electrons. The molecule has 1 aliphatic rings. The molecule has 0 bridgehead atoms. The first-order valence-corrected chi connectivity index (χ1v) is 5.33. The van der Waals surface area contributed by atoms with Crippen LogP contribution >= 0.6 is 0 Å². The number of Topliss-reactive ketones (excluding diaryl/α,β-unsaturated/α-hetero) is 1. The number of ketones is 1. The van der Waals surface area contributed by atoms with Gasteiger partial charge < -0.3 is 9.64 Å². The van der Waals surface area contributed by atoms with Crippen LogP contribution in [0.1, 0.15) is 5.69 Å². The molecular weight excluding hydrogens is 208 g/mol. The molecule has 2 heterocycles. The van der Waals surface area contributed by atoms with Gasteiger partial charge in [0, 0.05) is 26.3 Å². The van der Waals surface area contributed by atoms with Crippen molar-refractivity contribution in [1.29, 1.82) is 0 Å². The number of morpholine rings is 1. The predicted molar refractivity (Wildman–Crippen MR) is 57.0 cm³/mol. The first-order valence-electron chi connectivity index (χ1n) is 5.33. The Kier molecular flexibility index (Phi) is 3.31. The minimum atomic E-state index is -0.319. The van der Waals surface area contributed by atoms with E-state index in [0.29, 0.717) is 25.3 Å². The summed E-state index contributed by atoms with van der Waals surface area (Å²) in [6.45, 7) is 2.17. The van der Waals surface area contributed by atoms with Crippen molar-refractivity contribution in [2.24, 2.45) is 7.05 Å². The third-order valence-electron chi connectivity index (χ3n) is 2.63. The van der Waals surface area contributed by atoms with Crippen LogP contribution in [0.3, 0.4) is 0 Å². The van der Waals surface area contributed by atoms with Crippen molar-refractivity contribution in [1.82, 2.24) is 19.9 Å². The Bertz CT molecular complexity index is 377. The number of ether oxygens (including phenoxy) is 1. The van der Waals surface area contributed by atoms with Crippen LogP contribution in [-0.4, -0.2) is 58.5 Å². The van der Waals surface area contributed by atoms with Crippen LogP contribution in [0.15, 0.2) is 6.20 Å². The molecule has 0 N–H and O–H groups in total. The van der Waals surface area contributed by atoms with Crippen LogP contribution in [0.2, 0.25) is 0 Å². The van der Waals surface area contributed by atoms with Crippen LogP contribution in [-0.2, 0) is 23.0 Å². The number of likely N-dealkylation sites (N-methyl/N-ethyl adjacent to an activating group) is 1. The number of hydrogen-bond acceptors (Lipinski definition) is 5. The third kappa shape index (κ3) is 2.65. The second-order valence-electron chi connectivity index (χ2n) is 4.15. The Hall–Kier alpha value is -1.27. The van der Waals surface area contributed by atoms with E-state index in [1.165, 1.54) is 0 Å². The van der Waals surface area contributed by atoms with Gasteiger partial charge >= 0.3 is 0 Å². The van der Waals surface area contributed by atoms with E-state index < -0.39 is 0 Å². The van der Waals surface area contributed by atoms with E-state index in [-0.39, 0.29) is 11.9 Å². The van der Waals surface area contributed by atoms with Crippen molar-refractivity contribution in [3.05, 3.63) is 11.9 Å². The molecule has 0 aliphatic carbocycles. The van der Waals surface area contributed by atoms with Crippen LogP contribution in [0.25, 0.3) is 0 Å². The number of hydrogen-bond donors (Lipinski definition) is 0. The fraction of sp³-hybridized carbons (Fsp3) is 0.700. The number of rotatable bonds is 3. The molecule has 2 rings (SSSR count). The zero-order valence-corrected chi connectivity index (χ0v) is 9.59. The second kappa shape index (κ2) is 4.71. The smallest absolute Gasteiger partial charge is 0.168 e. The van der Waals surface area contributed by atoms with E-state index in [4.69, 9.17) is 4.74 Å². The molecule has 6 nitrogen and oxygen atoms in total. The molecule has 16 heavy (non-hydrogen) atoms. The SMILES string of the molecule is CN1CCOC(C(=O)Cc2cn(C)nn2)C1. The Labute approximate surface area is 94.2 Å². The summed E-state index contributed by atoms with van der Waals surface area (Å²) in [5, 5.41) is 7.69. The van der Waals surface area contributed by atoms with E-state index in [1.54, 1.807) is 17.9 Å². The first-order chi connectivity index (χ1) is 7.65. The van der Waals surface area contributed by atoms with E-state index in [9.17, 15) is 4.79 Å². The topological polar surface area (TPSA) is 60.2 Å². The van der Waals surface area contributed by atoms with Crippen molar-refractivity contribution < 1.29 is 9.53 Å². The molecule has 1 aromatic heterocycles. The molecule has 0 saturated carbocycles. The van der Waals surface area contributed by atoms with Crippen LogP contribution in [0.4, 0.5) is 0 Å². The molecule has 1 fully saturated rings. The average Bonchev–Trinajstić information content (AvgIpc) is 2.64. The van der Waals surface area contributed by atoms with Gasteiger partial charge in [-0.3, -0.25) is 9.48 Å². The van der Waals surface area contributed by atoms with Gasteiger partial charge in [0.1, 0.15) is 6.10 Å². The van der Waals surface area contributed by atoms with Gasteiger partial charge in [-0.2, -0.15) is 0 Å². The highest BCUT2D eigenvalue weighted by molar-refractivity contribution is 5.85. The van der Waals surface area contributed by atoms with Gasteiger partial charge in [-0.05, 0) is 7.05 Å². The fourth-order valence-electron chi connectivity index (χ4n) is 1.74. The molecule has 1 aromatic rings. The van der Waals surface area contributed by atoms with Crippen molar-refractivity contribution >= 4 is 5.78 Å². The summed E-state index contributed by atoms with van der Waals surface area (Å²) in [6, 6.07) is 0. The van der Waals surface area contributed by atoms with Crippen LogP contribution in [0, 0.1) is 0 Å². The fourth-order valence-corrected chi connectivity index (χ4v) is 1.74. The lowest BCUT2D eigenvalue weighted by atomic mass is 10.1. The van der Waals surface area contributed by atoms with E-state index >= 15 is 0 Å². The first kappa shape index (κ1) is 11.2. The highest BCUT2D eigenvalue weighted by atomic mass is 16.5. The molecule has 1 saturated heterocycles. The molecule has 1 aliphatic heterocycles. The van der Waals surface area contributed by atoms with Gasteiger partial charge in [0.15, 0.2) is 5.78 Å². The van der Waals surface area contributed by atoms with Crippen molar-refractivity contribution in [2.45, 2.75) is 12.5 Å². The summed E-state index contributed by atoms with van der Waals surface area (Å²) in [6.07, 6.45) is 1.73. The van der Waals surface area contributed by atoms with E-state index in [1.807, 2.05) is 7.05 Å². The van der Waals surface area contributed by atoms with Gasteiger partial charge in [0.2, 0.25) is 0 Å². The normalized spacial score (nSPS) is 22.2. The summed E-state index contributed by atoms with van der Waals surface area (Å²) < 4.78 is 7.04. The summed E-state index contributed by atoms with van der Waals surface area (Å²) in [4.78, 5) is 14.0. The molecule has 0 aromatic carbocycles. The largest absolute Gasteiger partial charge is 0.368 e. The Morgan fingerprint density at radius 2 is 2.44 bits per heavy atom. The molecule has 0 spiro atoms. The minimum absolute atomic E-state index is 0.0760. The maximum absolute atomic E-state index is 11.9. The Balaban J connectivity index is 1.92. The highest BCUT2D eigenvalue weighted by Crippen LogP contribution is 2.07. The van der Waals surface area contributed by atoms with E-state index in [2.05, 4.69) is 15.2 Å². The predicted octanol–water partition coefficient (Wildman–Crippen LogP) is -0.743. The number of nitrogens with zero attached hydrogens (tertiary/aromatic N) is 4. The van der Waals surface area contributed by atoms with Gasteiger partial charge in [0.25, 0.3) is 0 Å². The number of aryl methyl sites for hydroxylation is 1. The summed E-state index contributed by atoms with van der Waals surface area (Å²) >= 11 is 0. The van der Waals surface area contributed by atoms with Gasteiger partial charge in [-0.1, -0.05) is 5.21 Å². The highest BCUT2D eigenvalue weighted by Gasteiger charge is 2.25. The monoisotopic (exact) mass is 224 g/mol. The molecule has 0 amide bonds. The number of aromatic nitrogens is 3. The van der Waals surface area contributed by atoms with Crippen molar-refractivity contribution in [2.75, 3.05) is 26.7 Å². The number of carbonyl (C=O) groups excluding carboxylic acids is 1. The molecule has 0 radical (unpaired) electrons. The second-order valence-corrected chi connectivity index (χ2v) is 4.15. The quantitative estimate of drug-likeness (QED) is 0.676.